The predicted molar refractivity (Wildman–Crippen MR) is 132 cm³/mol. The van der Waals surface area contributed by atoms with Gasteiger partial charge in [0.15, 0.2) is 17.1 Å². The van der Waals surface area contributed by atoms with E-state index in [1.807, 2.05) is 24.3 Å². The van der Waals surface area contributed by atoms with Crippen LogP contribution in [0.3, 0.4) is 0 Å². The number of imidazole rings is 1. The molecule has 10 nitrogen and oxygen atoms in total. The third-order valence-electron chi connectivity index (χ3n) is 5.73. The number of pyridine rings is 4. The van der Waals surface area contributed by atoms with Crippen molar-refractivity contribution in [1.29, 1.82) is 0 Å². The first-order chi connectivity index (χ1) is 17.6. The summed E-state index contributed by atoms with van der Waals surface area (Å²) in [4.78, 5) is 36.9. The van der Waals surface area contributed by atoms with E-state index in [1.54, 1.807) is 25.4 Å². The van der Waals surface area contributed by atoms with E-state index in [4.69, 9.17) is 0 Å². The molecule has 176 valence electrons. The lowest BCUT2D eigenvalue weighted by Gasteiger charge is -2.07. The van der Waals surface area contributed by atoms with Crippen molar-refractivity contribution in [2.24, 2.45) is 0 Å². The van der Waals surface area contributed by atoms with Gasteiger partial charge in [-0.05, 0) is 24.3 Å². The Bertz CT molecular complexity index is 1740. The van der Waals surface area contributed by atoms with Crippen molar-refractivity contribution in [2.75, 3.05) is 5.32 Å². The van der Waals surface area contributed by atoms with Gasteiger partial charge in [0.1, 0.15) is 17.0 Å². The second-order valence-electron chi connectivity index (χ2n) is 8.00. The zero-order valence-corrected chi connectivity index (χ0v) is 19.0. The van der Waals surface area contributed by atoms with Gasteiger partial charge in [-0.3, -0.25) is 19.9 Å². The number of aromatic amines is 2. The third kappa shape index (κ3) is 3.63. The smallest absolute Gasteiger partial charge is 0.224 e. The maximum absolute atomic E-state index is 15.9. The molecule has 0 radical (unpaired) electrons. The number of halogens is 1. The second-order valence-corrected chi connectivity index (χ2v) is 8.00. The zero-order chi connectivity index (χ0) is 24.6. The summed E-state index contributed by atoms with van der Waals surface area (Å²) in [5.41, 5.74) is 4.34. The molecule has 0 aliphatic rings. The molecule has 0 fully saturated rings. The molecule has 36 heavy (non-hydrogen) atoms. The molecule has 0 atom stereocenters. The maximum atomic E-state index is 15.9. The molecule has 3 N–H and O–H groups in total. The Morgan fingerprint density at radius 1 is 1.03 bits per heavy atom. The summed E-state index contributed by atoms with van der Waals surface area (Å²) < 4.78 is 15.9. The Morgan fingerprint density at radius 3 is 2.78 bits per heavy atom. The van der Waals surface area contributed by atoms with Crippen LogP contribution in [0.25, 0.3) is 56.1 Å². The minimum Gasteiger partial charge on any atom is -0.325 e. The van der Waals surface area contributed by atoms with E-state index in [0.717, 1.165) is 11.3 Å². The van der Waals surface area contributed by atoms with E-state index < -0.39 is 5.82 Å². The number of amides is 1. The molecule has 6 aromatic rings. The Kier molecular flexibility index (Phi) is 5.14. The van der Waals surface area contributed by atoms with Crippen molar-refractivity contribution in [3.8, 4) is 33.9 Å². The number of fused-ring (bicyclic) bond motifs is 2. The second kappa shape index (κ2) is 8.62. The highest BCUT2D eigenvalue weighted by Crippen LogP contribution is 2.34. The molecule has 6 rings (SSSR count). The summed E-state index contributed by atoms with van der Waals surface area (Å²) in [7, 11) is 0. The van der Waals surface area contributed by atoms with Crippen LogP contribution in [0.4, 0.5) is 10.1 Å². The van der Waals surface area contributed by atoms with Crippen molar-refractivity contribution >= 4 is 33.8 Å². The average molecular weight is 479 g/mol. The summed E-state index contributed by atoms with van der Waals surface area (Å²) in [6, 6.07) is 9.09. The van der Waals surface area contributed by atoms with E-state index in [9.17, 15) is 4.79 Å². The number of nitrogens with one attached hydrogen (secondary N) is 3. The Labute approximate surface area is 203 Å². The molecule has 0 aliphatic heterocycles. The number of rotatable bonds is 5. The standard InChI is InChI=1S/C25H18FN9O/c1-2-18(36)31-14-9-13(10-27-11-14)16-12-30-23-19(20(16)26)22(34-35-23)25-32-21-15(6-8-29-24(21)33-25)17-5-3-4-7-28-17/h3-12H,2H2,1H3,(H,31,36)(H,29,32,33)(H,30,34,35). The average Bonchev–Trinajstić information content (AvgIpc) is 3.54. The van der Waals surface area contributed by atoms with Crippen LogP contribution in [-0.4, -0.2) is 46.0 Å². The Balaban J connectivity index is 1.47. The fourth-order valence-electron chi connectivity index (χ4n) is 3.98. The summed E-state index contributed by atoms with van der Waals surface area (Å²) in [6.07, 6.45) is 8.10. The van der Waals surface area contributed by atoms with E-state index in [1.165, 1.54) is 18.6 Å². The van der Waals surface area contributed by atoms with Crippen LogP contribution >= 0.6 is 0 Å². The van der Waals surface area contributed by atoms with Crippen LogP contribution in [0.5, 0.6) is 0 Å². The Morgan fingerprint density at radius 2 is 1.94 bits per heavy atom. The normalized spacial score (nSPS) is 11.3. The molecule has 1 amide bonds. The number of nitrogens with zero attached hydrogens (tertiary/aromatic N) is 6. The number of carbonyl (C=O) groups excluding carboxylic acids is 1. The molecule has 0 unspecified atom stereocenters. The molecule has 0 aliphatic carbocycles. The summed E-state index contributed by atoms with van der Waals surface area (Å²) in [6.45, 7) is 1.75. The number of aromatic nitrogens is 8. The Hall–Kier alpha value is -5.06. The van der Waals surface area contributed by atoms with Gasteiger partial charge in [-0.25, -0.2) is 19.3 Å². The first-order valence-electron chi connectivity index (χ1n) is 11.2. The molecule has 0 saturated heterocycles. The van der Waals surface area contributed by atoms with Gasteiger partial charge in [0.25, 0.3) is 0 Å². The molecule has 0 saturated carbocycles. The van der Waals surface area contributed by atoms with Crippen LogP contribution in [0, 0.1) is 5.82 Å². The number of hydrogen-bond acceptors (Lipinski definition) is 7. The lowest BCUT2D eigenvalue weighted by Crippen LogP contribution is -2.09. The van der Waals surface area contributed by atoms with Crippen molar-refractivity contribution in [2.45, 2.75) is 13.3 Å². The number of hydrogen-bond donors (Lipinski definition) is 3. The largest absolute Gasteiger partial charge is 0.325 e. The topological polar surface area (TPSA) is 138 Å². The van der Waals surface area contributed by atoms with Gasteiger partial charge < -0.3 is 10.3 Å². The molecule has 6 aromatic heterocycles. The summed E-state index contributed by atoms with van der Waals surface area (Å²) in [5, 5.41) is 9.97. The van der Waals surface area contributed by atoms with Gasteiger partial charge in [0.2, 0.25) is 5.91 Å². The quantitative estimate of drug-likeness (QED) is 0.331. The highest BCUT2D eigenvalue weighted by molar-refractivity contribution is 5.96. The highest BCUT2D eigenvalue weighted by Gasteiger charge is 2.21. The molecule has 6 heterocycles. The fraction of sp³-hybridized carbons (Fsp3) is 0.0800. The van der Waals surface area contributed by atoms with Crippen LogP contribution in [0.15, 0.2) is 61.3 Å². The van der Waals surface area contributed by atoms with Gasteiger partial charge in [-0.2, -0.15) is 5.10 Å². The molecule has 0 spiro atoms. The first kappa shape index (κ1) is 21.5. The van der Waals surface area contributed by atoms with Gasteiger partial charge in [0.05, 0.1) is 23.0 Å². The van der Waals surface area contributed by atoms with Crippen LogP contribution < -0.4 is 5.32 Å². The monoisotopic (exact) mass is 479 g/mol. The van der Waals surface area contributed by atoms with Gasteiger partial charge in [-0.15, -0.1) is 0 Å². The molecule has 0 bridgehead atoms. The summed E-state index contributed by atoms with van der Waals surface area (Å²) in [5.74, 6) is -0.362. The summed E-state index contributed by atoms with van der Waals surface area (Å²) >= 11 is 0. The first-order valence-corrected chi connectivity index (χ1v) is 11.2. The third-order valence-corrected chi connectivity index (χ3v) is 5.73. The minimum absolute atomic E-state index is 0.163. The van der Waals surface area contributed by atoms with E-state index in [2.05, 4.69) is 45.4 Å². The van der Waals surface area contributed by atoms with E-state index in [-0.39, 0.29) is 28.2 Å². The maximum Gasteiger partial charge on any atom is 0.224 e. The van der Waals surface area contributed by atoms with Gasteiger partial charge in [-0.1, -0.05) is 13.0 Å². The fourth-order valence-corrected chi connectivity index (χ4v) is 3.98. The van der Waals surface area contributed by atoms with Crippen LogP contribution in [0.2, 0.25) is 0 Å². The zero-order valence-electron chi connectivity index (χ0n) is 19.0. The number of carbonyl (C=O) groups is 1. The molecule has 0 aromatic carbocycles. The number of H-pyrrole nitrogens is 2. The van der Waals surface area contributed by atoms with Crippen molar-refractivity contribution in [3.05, 3.63) is 67.1 Å². The molecular weight excluding hydrogens is 461 g/mol. The van der Waals surface area contributed by atoms with Crippen LogP contribution in [-0.2, 0) is 4.79 Å². The minimum atomic E-state index is -0.539. The van der Waals surface area contributed by atoms with Gasteiger partial charge in [0, 0.05) is 47.9 Å². The molecule has 11 heteroatoms. The number of anilines is 1. The highest BCUT2D eigenvalue weighted by atomic mass is 19.1. The lowest BCUT2D eigenvalue weighted by molar-refractivity contribution is -0.115. The van der Waals surface area contributed by atoms with Crippen LogP contribution in [0.1, 0.15) is 13.3 Å². The van der Waals surface area contributed by atoms with Gasteiger partial charge >= 0.3 is 0 Å². The van der Waals surface area contributed by atoms with E-state index in [0.29, 0.717) is 34.7 Å². The van der Waals surface area contributed by atoms with E-state index >= 15 is 4.39 Å². The van der Waals surface area contributed by atoms with Crippen molar-refractivity contribution in [1.82, 2.24) is 40.1 Å². The predicted octanol–water partition coefficient (Wildman–Crippen LogP) is 4.51. The lowest BCUT2D eigenvalue weighted by atomic mass is 10.1. The van der Waals surface area contributed by atoms with Crippen molar-refractivity contribution in [3.63, 3.8) is 0 Å². The SMILES string of the molecule is CCC(=O)Nc1cncc(-c2cnc3[nH]nc(-c4nc5c(-c6ccccn6)ccnc5[nH]4)c3c2F)c1. The van der Waals surface area contributed by atoms with Crippen molar-refractivity contribution < 1.29 is 9.18 Å². The molecular formula is C25H18FN9O.